The van der Waals surface area contributed by atoms with E-state index in [1.54, 1.807) is 17.9 Å². The number of likely N-dealkylation sites (tertiary alicyclic amines) is 1. The molecule has 1 aromatic heterocycles. The van der Waals surface area contributed by atoms with Crippen molar-refractivity contribution in [1.29, 1.82) is 0 Å². The number of amides is 1. The largest absolute Gasteiger partial charge is 0.335 e. The summed E-state index contributed by atoms with van der Waals surface area (Å²) in [6, 6.07) is 1.79. The maximum absolute atomic E-state index is 12.3. The molecule has 5 nitrogen and oxygen atoms in total. The van der Waals surface area contributed by atoms with Gasteiger partial charge in [0.25, 0.3) is 5.91 Å². The number of carbonyl (C=O) groups excluding carboxylic acids is 1. The SMILES string of the molecule is CCCC1(N)CN(C(=O)c2cc(C)nnc2C)C1. The zero-order valence-corrected chi connectivity index (χ0v) is 11.2. The minimum absolute atomic E-state index is 0.0164. The van der Waals surface area contributed by atoms with Crippen molar-refractivity contribution in [3.05, 3.63) is 23.0 Å². The minimum atomic E-state index is -0.187. The third kappa shape index (κ3) is 2.36. The molecule has 5 heteroatoms. The maximum Gasteiger partial charge on any atom is 0.255 e. The Balaban J connectivity index is 2.08. The smallest absolute Gasteiger partial charge is 0.255 e. The lowest BCUT2D eigenvalue weighted by Gasteiger charge is -2.47. The van der Waals surface area contributed by atoms with Crippen molar-refractivity contribution in [2.45, 2.75) is 39.2 Å². The van der Waals surface area contributed by atoms with Crippen LogP contribution in [0.25, 0.3) is 0 Å². The number of rotatable bonds is 3. The standard InChI is InChI=1S/C13H20N4O/c1-4-5-13(14)7-17(8-13)12(18)11-6-9(2)15-16-10(11)3/h6H,4-5,7-8,14H2,1-3H3. The molecule has 1 amide bonds. The molecule has 1 fully saturated rings. The van der Waals surface area contributed by atoms with Crippen LogP contribution in [0.1, 0.15) is 41.5 Å². The van der Waals surface area contributed by atoms with Gasteiger partial charge >= 0.3 is 0 Å². The summed E-state index contributed by atoms with van der Waals surface area (Å²) in [5.41, 5.74) is 8.06. The Bertz CT molecular complexity index is 466. The zero-order chi connectivity index (χ0) is 13.3. The van der Waals surface area contributed by atoms with E-state index in [1.807, 2.05) is 6.92 Å². The highest BCUT2D eigenvalue weighted by Gasteiger charge is 2.41. The highest BCUT2D eigenvalue weighted by atomic mass is 16.2. The van der Waals surface area contributed by atoms with Crippen LogP contribution in [-0.4, -0.2) is 39.6 Å². The minimum Gasteiger partial charge on any atom is -0.335 e. The summed E-state index contributed by atoms with van der Waals surface area (Å²) in [5.74, 6) is 0.0164. The van der Waals surface area contributed by atoms with E-state index in [-0.39, 0.29) is 11.4 Å². The Morgan fingerprint density at radius 1 is 1.44 bits per heavy atom. The van der Waals surface area contributed by atoms with Crippen LogP contribution in [0.3, 0.4) is 0 Å². The summed E-state index contributed by atoms with van der Waals surface area (Å²) in [6.07, 6.45) is 2.01. The molecular weight excluding hydrogens is 228 g/mol. The van der Waals surface area contributed by atoms with Crippen LogP contribution in [0, 0.1) is 13.8 Å². The molecule has 0 saturated carbocycles. The second-order valence-electron chi connectivity index (χ2n) is 5.26. The van der Waals surface area contributed by atoms with Gasteiger partial charge in [-0.25, -0.2) is 0 Å². The van der Waals surface area contributed by atoms with Crippen molar-refractivity contribution in [2.24, 2.45) is 5.73 Å². The van der Waals surface area contributed by atoms with E-state index in [1.165, 1.54) is 0 Å². The molecule has 1 aliphatic rings. The number of carbonyl (C=O) groups is 1. The number of hydrogen-bond donors (Lipinski definition) is 1. The molecule has 0 unspecified atom stereocenters. The highest BCUT2D eigenvalue weighted by Crippen LogP contribution is 2.25. The fraction of sp³-hybridized carbons (Fsp3) is 0.615. The van der Waals surface area contributed by atoms with Crippen LogP contribution in [0.5, 0.6) is 0 Å². The molecule has 1 aromatic rings. The van der Waals surface area contributed by atoms with Gasteiger partial charge in [-0.05, 0) is 26.3 Å². The first-order chi connectivity index (χ1) is 8.45. The van der Waals surface area contributed by atoms with Gasteiger partial charge in [0, 0.05) is 13.1 Å². The Morgan fingerprint density at radius 3 is 2.72 bits per heavy atom. The predicted molar refractivity (Wildman–Crippen MR) is 69.2 cm³/mol. The normalized spacial score (nSPS) is 17.4. The van der Waals surface area contributed by atoms with Gasteiger partial charge in [-0.3, -0.25) is 4.79 Å². The number of nitrogens with two attached hydrogens (primary N) is 1. The molecular formula is C13H20N4O. The van der Waals surface area contributed by atoms with E-state index in [4.69, 9.17) is 5.73 Å². The van der Waals surface area contributed by atoms with Crippen molar-refractivity contribution in [1.82, 2.24) is 15.1 Å². The fourth-order valence-corrected chi connectivity index (χ4v) is 2.45. The molecule has 0 aliphatic carbocycles. The summed E-state index contributed by atoms with van der Waals surface area (Å²) in [6.45, 7) is 7.03. The van der Waals surface area contributed by atoms with E-state index in [2.05, 4.69) is 17.1 Å². The molecule has 2 rings (SSSR count). The monoisotopic (exact) mass is 248 g/mol. The van der Waals surface area contributed by atoms with Crippen LogP contribution in [0.4, 0.5) is 0 Å². The van der Waals surface area contributed by atoms with Crippen molar-refractivity contribution < 1.29 is 4.79 Å². The number of aryl methyl sites for hydroxylation is 2. The van der Waals surface area contributed by atoms with Gasteiger partial charge in [0.05, 0.1) is 22.5 Å². The molecule has 0 spiro atoms. The van der Waals surface area contributed by atoms with Gasteiger partial charge in [-0.1, -0.05) is 13.3 Å². The second kappa shape index (κ2) is 4.65. The van der Waals surface area contributed by atoms with E-state index in [0.29, 0.717) is 24.3 Å². The summed E-state index contributed by atoms with van der Waals surface area (Å²) < 4.78 is 0. The van der Waals surface area contributed by atoms with Crippen molar-refractivity contribution in [3.8, 4) is 0 Å². The quantitative estimate of drug-likeness (QED) is 0.867. The molecule has 0 bridgehead atoms. The average molecular weight is 248 g/mol. The lowest BCUT2D eigenvalue weighted by molar-refractivity contribution is 0.0385. The van der Waals surface area contributed by atoms with E-state index in [0.717, 1.165) is 18.5 Å². The van der Waals surface area contributed by atoms with Gasteiger partial charge in [0.2, 0.25) is 0 Å². The maximum atomic E-state index is 12.3. The van der Waals surface area contributed by atoms with Gasteiger partial charge in [-0.15, -0.1) is 0 Å². The molecule has 1 saturated heterocycles. The first-order valence-corrected chi connectivity index (χ1v) is 6.34. The van der Waals surface area contributed by atoms with Crippen molar-refractivity contribution in [2.75, 3.05) is 13.1 Å². The lowest BCUT2D eigenvalue weighted by atomic mass is 9.86. The summed E-state index contributed by atoms with van der Waals surface area (Å²) in [4.78, 5) is 14.1. The molecule has 0 radical (unpaired) electrons. The van der Waals surface area contributed by atoms with Gasteiger partial charge < -0.3 is 10.6 Å². The van der Waals surface area contributed by atoms with Crippen molar-refractivity contribution >= 4 is 5.91 Å². The van der Waals surface area contributed by atoms with E-state index >= 15 is 0 Å². The first kappa shape index (κ1) is 13.0. The van der Waals surface area contributed by atoms with Crippen molar-refractivity contribution in [3.63, 3.8) is 0 Å². The predicted octanol–water partition coefficient (Wildman–Crippen LogP) is 1.05. The highest BCUT2D eigenvalue weighted by molar-refractivity contribution is 5.96. The van der Waals surface area contributed by atoms with E-state index in [9.17, 15) is 4.79 Å². The third-order valence-electron chi connectivity index (χ3n) is 3.38. The van der Waals surface area contributed by atoms with Crippen LogP contribution in [0.15, 0.2) is 6.07 Å². The zero-order valence-electron chi connectivity index (χ0n) is 11.2. The average Bonchev–Trinajstić information content (AvgIpc) is 2.28. The van der Waals surface area contributed by atoms with E-state index < -0.39 is 0 Å². The van der Waals surface area contributed by atoms with Gasteiger partial charge in [0.15, 0.2) is 0 Å². The second-order valence-corrected chi connectivity index (χ2v) is 5.26. The number of aromatic nitrogens is 2. The molecule has 0 aromatic carbocycles. The first-order valence-electron chi connectivity index (χ1n) is 6.34. The molecule has 18 heavy (non-hydrogen) atoms. The van der Waals surface area contributed by atoms with Crippen LogP contribution < -0.4 is 5.73 Å². The summed E-state index contributed by atoms with van der Waals surface area (Å²) in [5, 5.41) is 7.92. The van der Waals surface area contributed by atoms with Crippen LogP contribution in [0.2, 0.25) is 0 Å². The molecule has 2 heterocycles. The Kier molecular flexibility index (Phi) is 3.34. The Labute approximate surface area is 107 Å². The van der Waals surface area contributed by atoms with Gasteiger partial charge in [-0.2, -0.15) is 10.2 Å². The number of hydrogen-bond acceptors (Lipinski definition) is 4. The number of nitrogens with zero attached hydrogens (tertiary/aromatic N) is 3. The molecule has 2 N–H and O–H groups in total. The molecule has 0 atom stereocenters. The Morgan fingerprint density at radius 2 is 2.11 bits per heavy atom. The van der Waals surface area contributed by atoms with Crippen LogP contribution in [-0.2, 0) is 0 Å². The van der Waals surface area contributed by atoms with Gasteiger partial charge in [0.1, 0.15) is 0 Å². The molecule has 1 aliphatic heterocycles. The summed E-state index contributed by atoms with van der Waals surface area (Å²) >= 11 is 0. The topological polar surface area (TPSA) is 72.1 Å². The molecule has 98 valence electrons. The third-order valence-corrected chi connectivity index (χ3v) is 3.38. The fourth-order valence-electron chi connectivity index (χ4n) is 2.45. The summed E-state index contributed by atoms with van der Waals surface area (Å²) in [7, 11) is 0. The van der Waals surface area contributed by atoms with Crippen LogP contribution >= 0.6 is 0 Å². The Hall–Kier alpha value is -1.49. The lowest BCUT2D eigenvalue weighted by Crippen LogP contribution is -2.68.